The van der Waals surface area contributed by atoms with Gasteiger partial charge in [-0.1, -0.05) is 95.9 Å². The Bertz CT molecular complexity index is 945. The second kappa shape index (κ2) is 23.3. The van der Waals surface area contributed by atoms with Crippen molar-refractivity contribution in [2.45, 2.75) is 112 Å². The molecule has 238 valence electrons. The number of hydrogen-bond acceptors (Lipinski definition) is 4. The molecule has 7 atom stereocenters. The van der Waals surface area contributed by atoms with Gasteiger partial charge in [0.1, 0.15) is 0 Å². The molecule has 0 aromatic carbocycles. The van der Waals surface area contributed by atoms with E-state index >= 15 is 0 Å². The van der Waals surface area contributed by atoms with Gasteiger partial charge < -0.3 is 21.1 Å². The Balaban J connectivity index is 0.000000744. The van der Waals surface area contributed by atoms with Crippen LogP contribution in [-0.2, 0) is 0 Å². The van der Waals surface area contributed by atoms with E-state index in [4.69, 9.17) is 10.8 Å². The first-order chi connectivity index (χ1) is 20.0. The van der Waals surface area contributed by atoms with Crippen molar-refractivity contribution in [3.63, 3.8) is 0 Å². The summed E-state index contributed by atoms with van der Waals surface area (Å²) in [5.41, 5.74) is 12.3. The van der Waals surface area contributed by atoms with Crippen molar-refractivity contribution >= 4 is 0 Å². The van der Waals surface area contributed by atoms with E-state index in [-0.39, 0.29) is 18.3 Å². The summed E-state index contributed by atoms with van der Waals surface area (Å²) in [6, 6.07) is 0. The van der Waals surface area contributed by atoms with Gasteiger partial charge in [0, 0.05) is 12.6 Å². The highest BCUT2D eigenvalue weighted by Gasteiger charge is 2.34. The van der Waals surface area contributed by atoms with Gasteiger partial charge in [-0.3, -0.25) is 0 Å². The lowest BCUT2D eigenvalue weighted by Crippen LogP contribution is -2.37. The monoisotopic (exact) mass is 581 g/mol. The van der Waals surface area contributed by atoms with Crippen molar-refractivity contribution in [3.05, 3.63) is 90.3 Å². The van der Waals surface area contributed by atoms with E-state index in [1.807, 2.05) is 19.9 Å². The Hall–Kier alpha value is -2.20. The summed E-state index contributed by atoms with van der Waals surface area (Å²) in [6.07, 6.45) is 26.3. The Kier molecular flexibility index (Phi) is 22.1. The standard InChI is InChI=1S/C22H30O.C11H19NO.C3H8O.C2H6/c1-6-16(3)19-11-10-17(4)21(13-19)12-15(2)8-7-9-20-14-22(23)18(20)5;12-9-11(13)8-4-7-10-5-2-1-3-6-10;1-3(2)4;1-2/h6,8-11,13,15,17-18,20-23H,1,3,12,14H2,2,4-5H3;2,5-6,11,13H,1,3-4,7-9,12H2;3-4H,1-2H3;1-2H3/t7?,15?,17?,18?,20?,21?,22-;11-;;/m10../s1. The minimum absolute atomic E-state index is 0.119. The Morgan fingerprint density at radius 2 is 1.81 bits per heavy atom. The molecule has 1 saturated carbocycles. The van der Waals surface area contributed by atoms with Crippen LogP contribution >= 0.6 is 0 Å². The molecule has 3 aliphatic carbocycles. The summed E-state index contributed by atoms with van der Waals surface area (Å²) < 4.78 is 0. The summed E-state index contributed by atoms with van der Waals surface area (Å²) in [5, 5.41) is 26.8. The van der Waals surface area contributed by atoms with Crippen molar-refractivity contribution in [2.24, 2.45) is 35.3 Å². The average Bonchev–Trinajstić information content (AvgIpc) is 2.98. The molecule has 42 heavy (non-hydrogen) atoms. The molecule has 0 radical (unpaired) electrons. The van der Waals surface area contributed by atoms with E-state index < -0.39 is 0 Å². The van der Waals surface area contributed by atoms with Crippen LogP contribution < -0.4 is 5.73 Å². The topological polar surface area (TPSA) is 86.7 Å². The van der Waals surface area contributed by atoms with Crippen LogP contribution in [0, 0.1) is 29.6 Å². The highest BCUT2D eigenvalue weighted by Crippen LogP contribution is 2.35. The lowest BCUT2D eigenvalue weighted by atomic mass is 9.72. The second-order valence-electron chi connectivity index (χ2n) is 11.9. The van der Waals surface area contributed by atoms with Crippen LogP contribution in [0.5, 0.6) is 0 Å². The van der Waals surface area contributed by atoms with E-state index in [1.165, 1.54) is 24.0 Å². The van der Waals surface area contributed by atoms with Gasteiger partial charge in [-0.15, -0.1) is 5.73 Å². The maximum Gasteiger partial charge on any atom is 0.0662 e. The van der Waals surface area contributed by atoms with Gasteiger partial charge in [-0.2, -0.15) is 0 Å². The molecule has 0 aliphatic heterocycles. The predicted octanol–water partition coefficient (Wildman–Crippen LogP) is 8.40. The molecule has 0 saturated heterocycles. The lowest BCUT2D eigenvalue weighted by molar-refractivity contribution is -0.00176. The Morgan fingerprint density at radius 1 is 1.14 bits per heavy atom. The van der Waals surface area contributed by atoms with Gasteiger partial charge in [-0.05, 0) is 112 Å². The van der Waals surface area contributed by atoms with E-state index in [0.717, 1.165) is 37.7 Å². The van der Waals surface area contributed by atoms with Crippen LogP contribution in [-0.4, -0.2) is 40.2 Å². The molecule has 3 rings (SSSR count). The third-order valence-corrected chi connectivity index (χ3v) is 7.74. The molecule has 0 bridgehead atoms. The Labute approximate surface area is 258 Å². The number of aliphatic hydroxyl groups is 3. The molecule has 0 aromatic rings. The second-order valence-corrected chi connectivity index (χ2v) is 11.9. The van der Waals surface area contributed by atoms with E-state index in [9.17, 15) is 10.2 Å². The minimum atomic E-state index is -0.312. The number of nitrogens with two attached hydrogens (primary N) is 1. The van der Waals surface area contributed by atoms with E-state index in [1.54, 1.807) is 13.8 Å². The molecule has 0 amide bonds. The quantitative estimate of drug-likeness (QED) is 0.146. The molecule has 0 heterocycles. The largest absolute Gasteiger partial charge is 0.394 e. The SMILES string of the molecule is C=CC(=C)C1=CC(CC(C)C=C=CC2C[C@@H](O)C2C)C(C)C=C1.CC.CC(C)O.NC[C@@H](O)CCCC1=CCCC=C1. The Morgan fingerprint density at radius 3 is 2.33 bits per heavy atom. The number of aliphatic hydroxyl groups excluding tert-OH is 3. The van der Waals surface area contributed by atoms with Gasteiger partial charge in [-0.25, -0.2) is 0 Å². The number of rotatable bonds is 11. The van der Waals surface area contributed by atoms with Crippen molar-refractivity contribution in [1.29, 1.82) is 0 Å². The summed E-state index contributed by atoms with van der Waals surface area (Å²) in [4.78, 5) is 0. The zero-order valence-electron chi connectivity index (χ0n) is 27.8. The predicted molar refractivity (Wildman–Crippen MR) is 183 cm³/mol. The normalized spacial score (nSPS) is 25.2. The van der Waals surface area contributed by atoms with Crippen molar-refractivity contribution < 1.29 is 15.3 Å². The van der Waals surface area contributed by atoms with Gasteiger partial charge in [0.25, 0.3) is 0 Å². The van der Waals surface area contributed by atoms with E-state index in [0.29, 0.717) is 36.1 Å². The highest BCUT2D eigenvalue weighted by molar-refractivity contribution is 5.46. The lowest BCUT2D eigenvalue weighted by Gasteiger charge is -2.36. The number of hydrogen-bond donors (Lipinski definition) is 4. The third kappa shape index (κ3) is 17.0. The van der Waals surface area contributed by atoms with Crippen molar-refractivity contribution in [1.82, 2.24) is 0 Å². The van der Waals surface area contributed by atoms with Crippen LogP contribution in [0.2, 0.25) is 0 Å². The molecule has 3 aliphatic rings. The molecule has 4 nitrogen and oxygen atoms in total. The molecule has 4 heteroatoms. The number of allylic oxidation sites excluding steroid dienone is 11. The summed E-state index contributed by atoms with van der Waals surface area (Å²) in [5.74, 6) is 2.44. The molecular weight excluding hydrogens is 518 g/mol. The summed E-state index contributed by atoms with van der Waals surface area (Å²) >= 11 is 0. The maximum absolute atomic E-state index is 9.55. The first-order valence-electron chi connectivity index (χ1n) is 16.2. The molecular formula is C38H63NO3. The van der Waals surface area contributed by atoms with Crippen molar-refractivity contribution in [3.8, 4) is 0 Å². The van der Waals surface area contributed by atoms with Gasteiger partial charge in [0.2, 0.25) is 0 Å². The van der Waals surface area contributed by atoms with Gasteiger partial charge in [0.15, 0.2) is 0 Å². The van der Waals surface area contributed by atoms with Crippen LogP contribution in [0.3, 0.4) is 0 Å². The first kappa shape index (κ1) is 39.8. The minimum Gasteiger partial charge on any atom is -0.394 e. The van der Waals surface area contributed by atoms with Gasteiger partial charge >= 0.3 is 0 Å². The molecule has 0 aromatic heterocycles. The molecule has 0 spiro atoms. The fourth-order valence-electron chi connectivity index (χ4n) is 4.82. The maximum atomic E-state index is 9.55. The van der Waals surface area contributed by atoms with Crippen molar-refractivity contribution in [2.75, 3.05) is 6.54 Å². The molecule has 5 N–H and O–H groups in total. The van der Waals surface area contributed by atoms with Gasteiger partial charge in [0.05, 0.1) is 12.2 Å². The highest BCUT2D eigenvalue weighted by atomic mass is 16.3. The summed E-state index contributed by atoms with van der Waals surface area (Å²) in [6.45, 7) is 22.3. The third-order valence-electron chi connectivity index (χ3n) is 7.74. The smallest absolute Gasteiger partial charge is 0.0662 e. The van der Waals surface area contributed by atoms with Crippen LogP contribution in [0.25, 0.3) is 0 Å². The zero-order valence-corrected chi connectivity index (χ0v) is 27.8. The van der Waals surface area contributed by atoms with Crippen LogP contribution in [0.4, 0.5) is 0 Å². The fourth-order valence-corrected chi connectivity index (χ4v) is 4.82. The summed E-state index contributed by atoms with van der Waals surface area (Å²) in [7, 11) is 0. The fraction of sp³-hybridized carbons (Fsp3) is 0.605. The van der Waals surface area contributed by atoms with E-state index in [2.05, 4.69) is 88.3 Å². The van der Waals surface area contributed by atoms with Crippen LogP contribution in [0.1, 0.15) is 93.4 Å². The first-order valence-corrected chi connectivity index (χ1v) is 16.2. The zero-order chi connectivity index (χ0) is 32.1. The van der Waals surface area contributed by atoms with Crippen LogP contribution in [0.15, 0.2) is 90.3 Å². The average molecular weight is 582 g/mol. The molecule has 1 fully saturated rings. The molecule has 5 unspecified atom stereocenters.